The Morgan fingerprint density at radius 2 is 2.86 bits per heavy atom. The van der Waals surface area contributed by atoms with Crippen LogP contribution in [0.4, 0.5) is 0 Å². The minimum Gasteiger partial charge on any atom is -0.330 e. The molecule has 1 aromatic heterocycles. The maximum atomic E-state index is 4.28. The molecule has 1 rings (SSSR count). The van der Waals surface area contributed by atoms with Gasteiger partial charge in [-0.25, -0.2) is 0 Å². The molecule has 0 bridgehead atoms. The van der Waals surface area contributed by atoms with Crippen LogP contribution in [0.25, 0.3) is 0 Å². The molecule has 0 aromatic carbocycles. The van der Waals surface area contributed by atoms with Crippen molar-refractivity contribution < 1.29 is 9.51 Å². The molecule has 7 heavy (non-hydrogen) atoms. The van der Waals surface area contributed by atoms with Crippen LogP contribution in [0.1, 0.15) is 5.82 Å². The first kappa shape index (κ1) is 4.13. The van der Waals surface area contributed by atoms with Crippen LogP contribution in [0.5, 0.6) is 0 Å². The Hall–Kier alpha value is -1.04. The normalized spacial score (nSPS) is 8.14. The quantitative estimate of drug-likeness (QED) is 0.440. The van der Waals surface area contributed by atoms with Crippen molar-refractivity contribution in [2.75, 3.05) is 0 Å². The van der Waals surface area contributed by atoms with Crippen LogP contribution < -0.4 is 4.98 Å². The summed E-state index contributed by atoms with van der Waals surface area (Å²) in [6.07, 6.45) is 2.77. The maximum absolute atomic E-state index is 4.28. The van der Waals surface area contributed by atoms with E-state index in [0.29, 0.717) is 12.2 Å². The molecule has 1 aromatic rings. The predicted octanol–water partition coefficient (Wildman–Crippen LogP) is -0.549. The Labute approximate surface area is 41.3 Å². The number of hydrogen-bond donors (Lipinski definition) is 0. The average molecular weight is 96.1 g/mol. The highest BCUT2D eigenvalue weighted by atomic mass is 16.5. The Morgan fingerprint density at radius 1 is 2.00 bits per heavy atom. The zero-order valence-corrected chi connectivity index (χ0v) is 3.72. The van der Waals surface area contributed by atoms with Crippen molar-refractivity contribution in [1.29, 1.82) is 0 Å². The monoisotopic (exact) mass is 96.0 g/mol. The highest BCUT2D eigenvalue weighted by Gasteiger charge is 1.98. The SMILES string of the molecule is [CH2-]Cc1noc#[n+]1. The van der Waals surface area contributed by atoms with Gasteiger partial charge in [-0.1, -0.05) is 6.42 Å². The van der Waals surface area contributed by atoms with Gasteiger partial charge in [-0.15, -0.1) is 9.51 Å². The van der Waals surface area contributed by atoms with Crippen molar-refractivity contribution in [3.8, 4) is 0 Å². The topological polar surface area (TPSA) is 40.1 Å². The zero-order chi connectivity index (χ0) is 5.11. The molecule has 0 unspecified atom stereocenters. The molecule has 0 N–H and O–H groups in total. The third-order valence-corrected chi connectivity index (χ3v) is 0.590. The van der Waals surface area contributed by atoms with Gasteiger partial charge in [0.1, 0.15) is 0 Å². The summed E-state index contributed by atoms with van der Waals surface area (Å²) in [5, 5.41) is 3.43. The van der Waals surface area contributed by atoms with Crippen LogP contribution in [0, 0.1) is 13.3 Å². The molecule has 3 nitrogen and oxygen atoms in total. The van der Waals surface area contributed by atoms with Crippen molar-refractivity contribution in [3.63, 3.8) is 0 Å². The molecule has 0 aliphatic carbocycles. The van der Waals surface area contributed by atoms with E-state index >= 15 is 0 Å². The van der Waals surface area contributed by atoms with Crippen molar-refractivity contribution in [3.05, 3.63) is 19.1 Å². The standard InChI is InChI=1S/C4H4N2O/c1-2-4-5-3-7-6-4/h1-2H2. The lowest BCUT2D eigenvalue weighted by molar-refractivity contribution is -0.309. The summed E-state index contributed by atoms with van der Waals surface area (Å²) in [5.41, 5.74) is 0. The molecule has 0 radical (unpaired) electrons. The van der Waals surface area contributed by atoms with Gasteiger partial charge in [0.25, 0.3) is 0 Å². The molecule has 3 heteroatoms. The van der Waals surface area contributed by atoms with E-state index in [2.05, 4.69) is 28.0 Å². The summed E-state index contributed by atoms with van der Waals surface area (Å²) in [4.78, 5) is 3.57. The number of nitrogens with zero attached hydrogens (tertiary/aromatic N) is 2. The number of hydrogen-bond acceptors (Lipinski definition) is 2. The van der Waals surface area contributed by atoms with Gasteiger partial charge in [0.05, 0.1) is 0 Å². The van der Waals surface area contributed by atoms with E-state index in [4.69, 9.17) is 0 Å². The fraction of sp³-hybridized carbons (Fsp3) is 0.250. The van der Waals surface area contributed by atoms with Crippen molar-refractivity contribution >= 4 is 0 Å². The summed E-state index contributed by atoms with van der Waals surface area (Å²) in [5.74, 6) is 0.597. The second-order valence-electron chi connectivity index (χ2n) is 1.05. The minimum absolute atomic E-state index is 0.562. The van der Waals surface area contributed by atoms with Gasteiger partial charge in [0.2, 0.25) is 0 Å². The number of rotatable bonds is 1. The average Bonchev–Trinajstić information content (AvgIpc) is 2.14. The van der Waals surface area contributed by atoms with Crippen molar-refractivity contribution in [2.24, 2.45) is 0 Å². The fourth-order valence-electron chi connectivity index (χ4n) is 0.268. The molecule has 0 aliphatic heterocycles. The first-order valence-electron chi connectivity index (χ1n) is 1.91. The Morgan fingerprint density at radius 3 is 3.14 bits per heavy atom. The van der Waals surface area contributed by atoms with Gasteiger partial charge < -0.3 is 6.92 Å². The summed E-state index contributed by atoms with van der Waals surface area (Å²) < 4.78 is 4.28. The molecular weight excluding hydrogens is 92.1 g/mol. The van der Waals surface area contributed by atoms with Gasteiger partial charge in [0, 0.05) is 0 Å². The summed E-state index contributed by atoms with van der Waals surface area (Å²) in [6, 6.07) is 0. The predicted molar refractivity (Wildman–Crippen MR) is 20.0 cm³/mol. The molecule has 36 valence electrons. The first-order chi connectivity index (χ1) is 3.43. The van der Waals surface area contributed by atoms with E-state index < -0.39 is 0 Å². The van der Waals surface area contributed by atoms with Gasteiger partial charge in [0.15, 0.2) is 5.16 Å². The maximum Gasteiger partial charge on any atom is 0.442 e. The van der Waals surface area contributed by atoms with E-state index in [1.165, 1.54) is 0 Å². The summed E-state index contributed by atoms with van der Waals surface area (Å²) >= 11 is 0. The van der Waals surface area contributed by atoms with Crippen molar-refractivity contribution in [1.82, 2.24) is 5.16 Å². The van der Waals surface area contributed by atoms with Crippen LogP contribution in [0.3, 0.4) is 0 Å². The Kier molecular flexibility index (Phi) is 0.947. The molecule has 0 aliphatic rings. The lowest BCUT2D eigenvalue weighted by Gasteiger charge is -1.66. The molecule has 0 saturated carbocycles. The summed E-state index contributed by atoms with van der Waals surface area (Å²) in [6.45, 7) is 3.52. The smallest absolute Gasteiger partial charge is 0.330 e. The highest BCUT2D eigenvalue weighted by Crippen LogP contribution is 1.75. The number of aromatic nitrogens is 2. The van der Waals surface area contributed by atoms with E-state index in [1.807, 2.05) is 0 Å². The highest BCUT2D eigenvalue weighted by molar-refractivity contribution is 4.66. The molecule has 0 spiro atoms. The largest absolute Gasteiger partial charge is 0.442 e. The van der Waals surface area contributed by atoms with Crippen LogP contribution >= 0.6 is 0 Å². The van der Waals surface area contributed by atoms with Crippen LogP contribution in [0.15, 0.2) is 4.52 Å². The molecule has 0 fully saturated rings. The second-order valence-corrected chi connectivity index (χ2v) is 1.05. The molecule has 0 atom stereocenters. The Balaban J connectivity index is 2.76. The molecule has 0 saturated heterocycles. The van der Waals surface area contributed by atoms with E-state index in [9.17, 15) is 0 Å². The van der Waals surface area contributed by atoms with Crippen LogP contribution in [-0.4, -0.2) is 5.16 Å². The Bertz CT molecular complexity index is 124. The fourth-order valence-corrected chi connectivity index (χ4v) is 0.268. The summed E-state index contributed by atoms with van der Waals surface area (Å²) in [7, 11) is 0. The minimum atomic E-state index is 0.562. The van der Waals surface area contributed by atoms with E-state index in [-0.39, 0.29) is 0 Å². The third kappa shape index (κ3) is 0.686. The molecule has 0 amide bonds. The van der Waals surface area contributed by atoms with Gasteiger partial charge in [-0.05, 0) is 0 Å². The lowest BCUT2D eigenvalue weighted by atomic mass is 10.5. The molecule has 1 heterocycles. The lowest BCUT2D eigenvalue weighted by Crippen LogP contribution is -1.96. The van der Waals surface area contributed by atoms with Gasteiger partial charge in [-0.2, -0.15) is 0 Å². The first-order valence-corrected chi connectivity index (χ1v) is 1.91. The van der Waals surface area contributed by atoms with E-state index in [0.717, 1.165) is 0 Å². The second kappa shape index (κ2) is 1.61. The van der Waals surface area contributed by atoms with E-state index in [1.54, 1.807) is 0 Å². The zero-order valence-electron chi connectivity index (χ0n) is 3.72. The molecular formula is C4H4N2O. The third-order valence-electron chi connectivity index (χ3n) is 0.590. The van der Waals surface area contributed by atoms with Crippen molar-refractivity contribution in [2.45, 2.75) is 6.42 Å². The van der Waals surface area contributed by atoms with Gasteiger partial charge in [-0.3, -0.25) is 0 Å². The van der Waals surface area contributed by atoms with Gasteiger partial charge >= 0.3 is 12.2 Å². The van der Waals surface area contributed by atoms with Crippen LogP contribution in [-0.2, 0) is 6.42 Å². The van der Waals surface area contributed by atoms with Crippen LogP contribution in [0.2, 0.25) is 0 Å².